The number of rotatable bonds is 4. The summed E-state index contributed by atoms with van der Waals surface area (Å²) in [6.45, 7) is 2.73. The number of nitrogens with one attached hydrogen (secondary N) is 1. The summed E-state index contributed by atoms with van der Waals surface area (Å²) in [4.78, 5) is 14.7. The number of carbonyl (C=O) groups excluding carboxylic acids is 1. The summed E-state index contributed by atoms with van der Waals surface area (Å²) >= 11 is 12.0. The van der Waals surface area contributed by atoms with Gasteiger partial charge in [0.15, 0.2) is 0 Å². The Kier molecular flexibility index (Phi) is 5.21. The SMILES string of the molecule is O=C(NC1CCN(Cc2ccccc2)C1)c1cc(Cl)ccc1Cl. The van der Waals surface area contributed by atoms with Gasteiger partial charge in [-0.05, 0) is 30.2 Å². The third-order valence-electron chi connectivity index (χ3n) is 4.03. The fourth-order valence-electron chi connectivity index (χ4n) is 2.87. The van der Waals surface area contributed by atoms with Gasteiger partial charge in [0.05, 0.1) is 10.6 Å². The van der Waals surface area contributed by atoms with Gasteiger partial charge in [-0.25, -0.2) is 0 Å². The molecule has 1 atom stereocenters. The Morgan fingerprint density at radius 3 is 2.74 bits per heavy atom. The monoisotopic (exact) mass is 348 g/mol. The molecule has 0 radical (unpaired) electrons. The van der Waals surface area contributed by atoms with Crippen molar-refractivity contribution in [2.75, 3.05) is 13.1 Å². The van der Waals surface area contributed by atoms with Crippen molar-refractivity contribution in [1.29, 1.82) is 0 Å². The summed E-state index contributed by atoms with van der Waals surface area (Å²) in [6, 6.07) is 15.4. The highest BCUT2D eigenvalue weighted by molar-refractivity contribution is 6.35. The third kappa shape index (κ3) is 4.25. The van der Waals surface area contributed by atoms with Crippen molar-refractivity contribution in [2.45, 2.75) is 19.0 Å². The predicted molar refractivity (Wildman–Crippen MR) is 94.1 cm³/mol. The normalized spacial score (nSPS) is 18.1. The van der Waals surface area contributed by atoms with Crippen LogP contribution in [0, 0.1) is 0 Å². The molecule has 1 fully saturated rings. The standard InChI is InChI=1S/C18H18Cl2N2O/c19-14-6-7-17(20)16(10-14)18(23)21-15-8-9-22(12-15)11-13-4-2-1-3-5-13/h1-7,10,15H,8-9,11-12H2,(H,21,23). The largest absolute Gasteiger partial charge is 0.348 e. The first kappa shape index (κ1) is 16.3. The zero-order valence-corrected chi connectivity index (χ0v) is 14.1. The van der Waals surface area contributed by atoms with E-state index in [1.54, 1.807) is 18.2 Å². The molecule has 3 rings (SSSR count). The molecule has 1 unspecified atom stereocenters. The van der Waals surface area contributed by atoms with Gasteiger partial charge < -0.3 is 5.32 Å². The third-order valence-corrected chi connectivity index (χ3v) is 4.59. The van der Waals surface area contributed by atoms with Gasteiger partial charge in [0.1, 0.15) is 0 Å². The van der Waals surface area contributed by atoms with Crippen LogP contribution in [0.2, 0.25) is 10.0 Å². The van der Waals surface area contributed by atoms with Crippen LogP contribution in [0.25, 0.3) is 0 Å². The lowest BCUT2D eigenvalue weighted by Gasteiger charge is -2.17. The molecule has 1 N–H and O–H groups in total. The van der Waals surface area contributed by atoms with E-state index in [0.717, 1.165) is 26.1 Å². The Bertz CT molecular complexity index is 691. The van der Waals surface area contributed by atoms with Gasteiger partial charge in [-0.2, -0.15) is 0 Å². The van der Waals surface area contributed by atoms with E-state index in [4.69, 9.17) is 23.2 Å². The molecule has 0 aromatic heterocycles. The molecule has 2 aromatic carbocycles. The van der Waals surface area contributed by atoms with Crippen LogP contribution in [0.3, 0.4) is 0 Å². The molecular formula is C18H18Cl2N2O. The van der Waals surface area contributed by atoms with Gasteiger partial charge >= 0.3 is 0 Å². The minimum Gasteiger partial charge on any atom is -0.348 e. The van der Waals surface area contributed by atoms with Crippen molar-refractivity contribution >= 4 is 29.1 Å². The molecule has 120 valence electrons. The van der Waals surface area contributed by atoms with E-state index in [-0.39, 0.29) is 11.9 Å². The lowest BCUT2D eigenvalue weighted by atomic mass is 10.2. The highest BCUT2D eigenvalue weighted by Gasteiger charge is 2.24. The number of hydrogen-bond acceptors (Lipinski definition) is 2. The molecular weight excluding hydrogens is 331 g/mol. The van der Waals surface area contributed by atoms with E-state index in [1.807, 2.05) is 18.2 Å². The number of likely N-dealkylation sites (tertiary alicyclic amines) is 1. The Hall–Kier alpha value is -1.55. The van der Waals surface area contributed by atoms with Crippen molar-refractivity contribution in [1.82, 2.24) is 10.2 Å². The van der Waals surface area contributed by atoms with E-state index in [2.05, 4.69) is 22.3 Å². The molecule has 3 nitrogen and oxygen atoms in total. The van der Waals surface area contributed by atoms with Gasteiger partial charge in [-0.15, -0.1) is 0 Å². The van der Waals surface area contributed by atoms with Crippen LogP contribution in [0.15, 0.2) is 48.5 Å². The van der Waals surface area contributed by atoms with E-state index in [1.165, 1.54) is 5.56 Å². The van der Waals surface area contributed by atoms with Crippen LogP contribution < -0.4 is 5.32 Å². The van der Waals surface area contributed by atoms with E-state index < -0.39 is 0 Å². The summed E-state index contributed by atoms with van der Waals surface area (Å²) < 4.78 is 0. The Morgan fingerprint density at radius 1 is 1.17 bits per heavy atom. The fourth-order valence-corrected chi connectivity index (χ4v) is 3.25. The fraction of sp³-hybridized carbons (Fsp3) is 0.278. The predicted octanol–water partition coefficient (Wildman–Crippen LogP) is 4.00. The second kappa shape index (κ2) is 7.35. The average Bonchev–Trinajstić information content (AvgIpc) is 2.97. The van der Waals surface area contributed by atoms with Gasteiger partial charge in [0, 0.05) is 30.7 Å². The molecule has 1 heterocycles. The van der Waals surface area contributed by atoms with Gasteiger partial charge in [-0.1, -0.05) is 53.5 Å². The molecule has 1 saturated heterocycles. The maximum atomic E-state index is 12.4. The van der Waals surface area contributed by atoms with E-state index in [9.17, 15) is 4.79 Å². The van der Waals surface area contributed by atoms with Crippen molar-refractivity contribution in [3.8, 4) is 0 Å². The van der Waals surface area contributed by atoms with Crippen LogP contribution in [-0.2, 0) is 6.54 Å². The highest BCUT2D eigenvalue weighted by atomic mass is 35.5. The second-order valence-electron chi connectivity index (χ2n) is 5.80. The number of nitrogens with zero attached hydrogens (tertiary/aromatic N) is 1. The summed E-state index contributed by atoms with van der Waals surface area (Å²) in [7, 11) is 0. The van der Waals surface area contributed by atoms with E-state index in [0.29, 0.717) is 15.6 Å². The molecule has 0 bridgehead atoms. The Labute approximate surface area is 146 Å². The lowest BCUT2D eigenvalue weighted by molar-refractivity contribution is 0.0938. The molecule has 0 spiro atoms. The quantitative estimate of drug-likeness (QED) is 0.905. The Morgan fingerprint density at radius 2 is 1.96 bits per heavy atom. The van der Waals surface area contributed by atoms with Crippen molar-refractivity contribution in [2.24, 2.45) is 0 Å². The van der Waals surface area contributed by atoms with Crippen LogP contribution in [0.1, 0.15) is 22.3 Å². The first-order valence-corrected chi connectivity index (χ1v) is 8.39. The number of halogens is 2. The maximum Gasteiger partial charge on any atom is 0.253 e. The summed E-state index contributed by atoms with van der Waals surface area (Å²) in [6.07, 6.45) is 0.941. The second-order valence-corrected chi connectivity index (χ2v) is 6.65. The Balaban J connectivity index is 1.57. The molecule has 1 aliphatic heterocycles. The minimum atomic E-state index is -0.163. The van der Waals surface area contributed by atoms with Gasteiger partial charge in [0.25, 0.3) is 5.91 Å². The molecule has 5 heteroatoms. The zero-order valence-electron chi connectivity index (χ0n) is 12.6. The minimum absolute atomic E-state index is 0.140. The first-order valence-electron chi connectivity index (χ1n) is 7.64. The number of amides is 1. The highest BCUT2D eigenvalue weighted by Crippen LogP contribution is 2.21. The number of benzene rings is 2. The molecule has 0 saturated carbocycles. The summed E-state index contributed by atoms with van der Waals surface area (Å²) in [5, 5.41) is 3.99. The molecule has 0 aliphatic carbocycles. The molecule has 23 heavy (non-hydrogen) atoms. The smallest absolute Gasteiger partial charge is 0.253 e. The average molecular weight is 349 g/mol. The molecule has 1 amide bonds. The van der Waals surface area contributed by atoms with E-state index >= 15 is 0 Å². The molecule has 2 aromatic rings. The van der Waals surface area contributed by atoms with Crippen molar-refractivity contribution in [3.63, 3.8) is 0 Å². The summed E-state index contributed by atoms with van der Waals surface area (Å²) in [5.41, 5.74) is 1.72. The van der Waals surface area contributed by atoms with Gasteiger partial charge in [0.2, 0.25) is 0 Å². The van der Waals surface area contributed by atoms with Gasteiger partial charge in [-0.3, -0.25) is 9.69 Å². The van der Waals surface area contributed by atoms with Crippen molar-refractivity contribution < 1.29 is 4.79 Å². The maximum absolute atomic E-state index is 12.4. The van der Waals surface area contributed by atoms with Crippen molar-refractivity contribution in [3.05, 3.63) is 69.7 Å². The molecule has 1 aliphatic rings. The number of hydrogen-bond donors (Lipinski definition) is 1. The van der Waals surface area contributed by atoms with Crippen LogP contribution in [0.4, 0.5) is 0 Å². The first-order chi connectivity index (χ1) is 11.1. The van der Waals surface area contributed by atoms with Crippen LogP contribution >= 0.6 is 23.2 Å². The zero-order chi connectivity index (χ0) is 16.2. The lowest BCUT2D eigenvalue weighted by Crippen LogP contribution is -2.37. The number of carbonyl (C=O) groups is 1. The van der Waals surface area contributed by atoms with Crippen LogP contribution in [0.5, 0.6) is 0 Å². The topological polar surface area (TPSA) is 32.3 Å². The van der Waals surface area contributed by atoms with Crippen LogP contribution in [-0.4, -0.2) is 29.9 Å². The summed E-state index contributed by atoms with van der Waals surface area (Å²) in [5.74, 6) is -0.163.